The Morgan fingerprint density at radius 3 is 2.70 bits per heavy atom. The van der Waals surface area contributed by atoms with Gasteiger partial charge in [0.15, 0.2) is 11.5 Å². The maximum absolute atomic E-state index is 5.83. The minimum Gasteiger partial charge on any atom is -0.490 e. The van der Waals surface area contributed by atoms with Crippen LogP contribution in [0.3, 0.4) is 0 Å². The maximum Gasteiger partial charge on any atom is 0.175 e. The third-order valence-corrected chi connectivity index (χ3v) is 3.82. The SMILES string of the molecule is CCCNCc1cc(Br)c(OCCSC)c(OCC)c1. The lowest BCUT2D eigenvalue weighted by atomic mass is 10.2. The fourth-order valence-corrected chi connectivity index (χ4v) is 2.62. The molecule has 0 aromatic heterocycles. The Morgan fingerprint density at radius 1 is 1.25 bits per heavy atom. The maximum atomic E-state index is 5.83. The lowest BCUT2D eigenvalue weighted by Crippen LogP contribution is -2.14. The number of benzene rings is 1. The number of hydrogen-bond acceptors (Lipinski definition) is 4. The molecule has 0 spiro atoms. The first kappa shape index (κ1) is 17.7. The number of thioether (sulfide) groups is 1. The first-order valence-electron chi connectivity index (χ1n) is 7.00. The van der Waals surface area contributed by atoms with Gasteiger partial charge in [-0.1, -0.05) is 6.92 Å². The molecule has 1 aromatic carbocycles. The van der Waals surface area contributed by atoms with Crippen LogP contribution in [0.25, 0.3) is 0 Å². The molecule has 0 saturated heterocycles. The summed E-state index contributed by atoms with van der Waals surface area (Å²) in [5, 5.41) is 3.40. The summed E-state index contributed by atoms with van der Waals surface area (Å²) in [6.07, 6.45) is 3.21. The molecule has 1 rings (SSSR count). The van der Waals surface area contributed by atoms with Crippen molar-refractivity contribution in [1.29, 1.82) is 0 Å². The minimum absolute atomic E-state index is 0.636. The van der Waals surface area contributed by atoms with Gasteiger partial charge >= 0.3 is 0 Å². The van der Waals surface area contributed by atoms with E-state index in [1.807, 2.05) is 6.92 Å². The highest BCUT2D eigenvalue weighted by atomic mass is 79.9. The molecule has 0 aliphatic rings. The van der Waals surface area contributed by atoms with Crippen LogP contribution in [-0.2, 0) is 6.54 Å². The molecule has 1 N–H and O–H groups in total. The molecule has 0 aliphatic carbocycles. The Balaban J connectivity index is 2.81. The zero-order valence-corrected chi connectivity index (χ0v) is 14.9. The fraction of sp³-hybridized carbons (Fsp3) is 0.600. The highest BCUT2D eigenvalue weighted by Crippen LogP contribution is 2.37. The summed E-state index contributed by atoms with van der Waals surface area (Å²) in [7, 11) is 0. The van der Waals surface area contributed by atoms with Crippen LogP contribution < -0.4 is 14.8 Å². The van der Waals surface area contributed by atoms with Crippen molar-refractivity contribution >= 4 is 27.7 Å². The Bertz CT molecular complexity index is 402. The van der Waals surface area contributed by atoms with E-state index in [-0.39, 0.29) is 0 Å². The average molecular weight is 362 g/mol. The Kier molecular flexibility index (Phi) is 9.14. The molecule has 0 amide bonds. The van der Waals surface area contributed by atoms with Gasteiger partial charge in [-0.05, 0) is 59.8 Å². The molecule has 0 heterocycles. The van der Waals surface area contributed by atoms with Crippen LogP contribution in [0.15, 0.2) is 16.6 Å². The van der Waals surface area contributed by atoms with Crippen molar-refractivity contribution in [3.05, 3.63) is 22.2 Å². The Labute approximate surface area is 134 Å². The normalized spacial score (nSPS) is 10.6. The quantitative estimate of drug-likeness (QED) is 0.635. The van der Waals surface area contributed by atoms with Gasteiger partial charge in [0.2, 0.25) is 0 Å². The van der Waals surface area contributed by atoms with Gasteiger partial charge in [0.1, 0.15) is 0 Å². The Hall–Kier alpha value is -0.390. The van der Waals surface area contributed by atoms with E-state index in [4.69, 9.17) is 9.47 Å². The van der Waals surface area contributed by atoms with Crippen LogP contribution >= 0.6 is 27.7 Å². The number of hydrogen-bond donors (Lipinski definition) is 1. The van der Waals surface area contributed by atoms with E-state index in [9.17, 15) is 0 Å². The first-order chi connectivity index (χ1) is 9.72. The second kappa shape index (κ2) is 10.4. The number of nitrogens with one attached hydrogen (secondary N) is 1. The van der Waals surface area contributed by atoms with Gasteiger partial charge in [0.05, 0.1) is 17.7 Å². The lowest BCUT2D eigenvalue weighted by molar-refractivity contribution is 0.287. The monoisotopic (exact) mass is 361 g/mol. The summed E-state index contributed by atoms with van der Waals surface area (Å²) < 4.78 is 12.5. The van der Waals surface area contributed by atoms with Crippen LogP contribution in [0.4, 0.5) is 0 Å². The van der Waals surface area contributed by atoms with Gasteiger partial charge in [0.25, 0.3) is 0 Å². The van der Waals surface area contributed by atoms with Crippen molar-refractivity contribution in [3.8, 4) is 11.5 Å². The predicted molar refractivity (Wildman–Crippen MR) is 91.2 cm³/mol. The molecule has 0 atom stereocenters. The van der Waals surface area contributed by atoms with Crippen LogP contribution in [0.2, 0.25) is 0 Å². The van der Waals surface area contributed by atoms with Gasteiger partial charge < -0.3 is 14.8 Å². The van der Waals surface area contributed by atoms with Crippen molar-refractivity contribution in [2.75, 3.05) is 31.8 Å². The highest BCUT2D eigenvalue weighted by Gasteiger charge is 2.12. The van der Waals surface area contributed by atoms with Gasteiger partial charge in [-0.15, -0.1) is 0 Å². The van der Waals surface area contributed by atoms with E-state index in [2.05, 4.69) is 46.6 Å². The molecule has 0 unspecified atom stereocenters. The summed E-state index contributed by atoms with van der Waals surface area (Å²) >= 11 is 5.36. The molecule has 0 aliphatic heterocycles. The van der Waals surface area contributed by atoms with Crippen LogP contribution in [0.1, 0.15) is 25.8 Å². The second-order valence-electron chi connectivity index (χ2n) is 4.36. The topological polar surface area (TPSA) is 30.5 Å². The summed E-state index contributed by atoms with van der Waals surface area (Å²) in [6.45, 7) is 7.34. The zero-order valence-electron chi connectivity index (χ0n) is 12.5. The molecule has 0 fully saturated rings. The van der Waals surface area contributed by atoms with Gasteiger partial charge in [-0.25, -0.2) is 0 Å². The van der Waals surface area contributed by atoms with Gasteiger partial charge in [-0.3, -0.25) is 0 Å². The second-order valence-corrected chi connectivity index (χ2v) is 6.20. The number of ether oxygens (including phenoxy) is 2. The molecular formula is C15H24BrNO2S. The fourth-order valence-electron chi connectivity index (χ4n) is 1.76. The largest absolute Gasteiger partial charge is 0.490 e. The molecular weight excluding hydrogens is 338 g/mol. The third-order valence-electron chi connectivity index (χ3n) is 2.66. The van der Waals surface area contributed by atoms with Gasteiger partial charge in [0, 0.05) is 12.3 Å². The van der Waals surface area contributed by atoms with Crippen LogP contribution in [0.5, 0.6) is 11.5 Å². The molecule has 114 valence electrons. The van der Waals surface area contributed by atoms with Crippen molar-refractivity contribution in [2.24, 2.45) is 0 Å². The van der Waals surface area contributed by atoms with Crippen molar-refractivity contribution in [3.63, 3.8) is 0 Å². The number of rotatable bonds is 10. The standard InChI is InChI=1S/C15H24BrNO2S/c1-4-6-17-11-12-9-13(16)15(19-7-8-20-3)14(10-12)18-5-2/h9-10,17H,4-8,11H2,1-3H3. The minimum atomic E-state index is 0.636. The average Bonchev–Trinajstić information content (AvgIpc) is 2.42. The van der Waals surface area contributed by atoms with E-state index in [0.717, 1.165) is 41.2 Å². The van der Waals surface area contributed by atoms with E-state index in [1.54, 1.807) is 11.8 Å². The smallest absolute Gasteiger partial charge is 0.175 e. The number of halogens is 1. The zero-order chi connectivity index (χ0) is 14.8. The van der Waals surface area contributed by atoms with E-state index < -0.39 is 0 Å². The molecule has 0 saturated carbocycles. The molecule has 1 aromatic rings. The van der Waals surface area contributed by atoms with E-state index in [0.29, 0.717) is 13.2 Å². The molecule has 0 radical (unpaired) electrons. The van der Waals surface area contributed by atoms with Crippen molar-refractivity contribution in [1.82, 2.24) is 5.32 Å². The van der Waals surface area contributed by atoms with E-state index >= 15 is 0 Å². The highest BCUT2D eigenvalue weighted by molar-refractivity contribution is 9.10. The Morgan fingerprint density at radius 2 is 2.05 bits per heavy atom. The molecule has 0 bridgehead atoms. The summed E-state index contributed by atoms with van der Waals surface area (Å²) in [5.74, 6) is 2.59. The summed E-state index contributed by atoms with van der Waals surface area (Å²) in [4.78, 5) is 0. The van der Waals surface area contributed by atoms with Crippen molar-refractivity contribution < 1.29 is 9.47 Å². The van der Waals surface area contributed by atoms with E-state index in [1.165, 1.54) is 5.56 Å². The van der Waals surface area contributed by atoms with Crippen LogP contribution in [-0.4, -0.2) is 31.8 Å². The van der Waals surface area contributed by atoms with Crippen LogP contribution in [0, 0.1) is 0 Å². The summed E-state index contributed by atoms with van der Waals surface area (Å²) in [6, 6.07) is 4.16. The lowest BCUT2D eigenvalue weighted by Gasteiger charge is -2.15. The molecule has 5 heteroatoms. The first-order valence-corrected chi connectivity index (χ1v) is 9.19. The van der Waals surface area contributed by atoms with Crippen molar-refractivity contribution in [2.45, 2.75) is 26.8 Å². The molecule has 3 nitrogen and oxygen atoms in total. The van der Waals surface area contributed by atoms with Gasteiger partial charge in [-0.2, -0.15) is 11.8 Å². The molecule has 20 heavy (non-hydrogen) atoms. The predicted octanol–water partition coefficient (Wildman–Crippen LogP) is 4.09. The summed E-state index contributed by atoms with van der Waals surface area (Å²) in [5.41, 5.74) is 1.20. The third kappa shape index (κ3) is 5.94.